The molecule has 0 aromatic carbocycles. The van der Waals surface area contributed by atoms with Gasteiger partial charge in [0.1, 0.15) is 0 Å². The fourth-order valence-electron chi connectivity index (χ4n) is 3.22. The first kappa shape index (κ1) is 11.4. The molecule has 1 heterocycles. The number of rotatable bonds is 4. The molecule has 0 spiro atoms. The van der Waals surface area contributed by atoms with E-state index in [0.717, 1.165) is 6.04 Å². The van der Waals surface area contributed by atoms with Crippen molar-refractivity contribution in [2.45, 2.75) is 64.0 Å². The molecule has 0 aromatic heterocycles. The Labute approximate surface area is 94.4 Å². The third kappa shape index (κ3) is 2.54. The summed E-state index contributed by atoms with van der Waals surface area (Å²) in [5.41, 5.74) is 0.544. The van der Waals surface area contributed by atoms with Crippen LogP contribution in [0.3, 0.4) is 0 Å². The van der Waals surface area contributed by atoms with E-state index < -0.39 is 0 Å². The van der Waals surface area contributed by atoms with E-state index in [0.29, 0.717) is 5.54 Å². The summed E-state index contributed by atoms with van der Waals surface area (Å²) in [6.07, 6.45) is 8.35. The van der Waals surface area contributed by atoms with Crippen LogP contribution in [0.2, 0.25) is 0 Å². The zero-order valence-electron chi connectivity index (χ0n) is 10.4. The maximum absolute atomic E-state index is 3.66. The van der Waals surface area contributed by atoms with Crippen molar-refractivity contribution >= 4 is 0 Å². The first-order valence-corrected chi connectivity index (χ1v) is 6.73. The average molecular weight is 210 g/mol. The average Bonchev–Trinajstić information content (AvgIpc) is 2.84. The van der Waals surface area contributed by atoms with Gasteiger partial charge in [0, 0.05) is 24.7 Å². The molecule has 0 radical (unpaired) electrons. The molecule has 1 saturated heterocycles. The van der Waals surface area contributed by atoms with E-state index in [1.54, 1.807) is 0 Å². The Morgan fingerprint density at radius 3 is 2.73 bits per heavy atom. The standard InChI is InChI=1S/C13H26N2/c1-3-9-14-12-6-10-15(11-12)13(2)7-4-5-8-13/h12,14H,3-11H2,1-2H3. The van der Waals surface area contributed by atoms with Crippen molar-refractivity contribution in [1.82, 2.24) is 10.2 Å². The van der Waals surface area contributed by atoms with Crippen molar-refractivity contribution in [1.29, 1.82) is 0 Å². The molecule has 1 unspecified atom stereocenters. The Morgan fingerprint density at radius 1 is 1.33 bits per heavy atom. The monoisotopic (exact) mass is 210 g/mol. The van der Waals surface area contributed by atoms with Crippen LogP contribution in [-0.4, -0.2) is 36.1 Å². The first-order valence-electron chi connectivity index (χ1n) is 6.73. The highest BCUT2D eigenvalue weighted by atomic mass is 15.2. The summed E-state index contributed by atoms with van der Waals surface area (Å²) in [5.74, 6) is 0. The van der Waals surface area contributed by atoms with E-state index in [4.69, 9.17) is 0 Å². The summed E-state index contributed by atoms with van der Waals surface area (Å²) in [4.78, 5) is 2.74. The minimum atomic E-state index is 0.544. The molecule has 1 aliphatic heterocycles. The number of nitrogens with zero attached hydrogens (tertiary/aromatic N) is 1. The van der Waals surface area contributed by atoms with Gasteiger partial charge in [-0.3, -0.25) is 4.90 Å². The van der Waals surface area contributed by atoms with Gasteiger partial charge >= 0.3 is 0 Å². The Morgan fingerprint density at radius 2 is 2.07 bits per heavy atom. The Bertz CT molecular complexity index is 197. The molecule has 2 heteroatoms. The third-order valence-electron chi connectivity index (χ3n) is 4.32. The van der Waals surface area contributed by atoms with Crippen LogP contribution < -0.4 is 5.32 Å². The number of hydrogen-bond donors (Lipinski definition) is 1. The van der Waals surface area contributed by atoms with Gasteiger partial charge in [-0.25, -0.2) is 0 Å². The summed E-state index contributed by atoms with van der Waals surface area (Å²) < 4.78 is 0. The minimum absolute atomic E-state index is 0.544. The van der Waals surface area contributed by atoms with Gasteiger partial charge in [-0.05, 0) is 39.2 Å². The SMILES string of the molecule is CCCNC1CCN(C2(C)CCCC2)C1. The van der Waals surface area contributed by atoms with E-state index in [-0.39, 0.29) is 0 Å². The maximum atomic E-state index is 3.66. The summed E-state index contributed by atoms with van der Waals surface area (Å²) in [5, 5.41) is 3.66. The second-order valence-electron chi connectivity index (χ2n) is 5.59. The number of likely N-dealkylation sites (tertiary alicyclic amines) is 1. The van der Waals surface area contributed by atoms with Gasteiger partial charge < -0.3 is 5.32 Å². The normalized spacial score (nSPS) is 31.2. The topological polar surface area (TPSA) is 15.3 Å². The lowest BCUT2D eigenvalue weighted by Gasteiger charge is -2.35. The van der Waals surface area contributed by atoms with Crippen molar-refractivity contribution in [3.8, 4) is 0 Å². The zero-order chi connectivity index (χ0) is 10.7. The van der Waals surface area contributed by atoms with Crippen LogP contribution in [0, 0.1) is 0 Å². The molecule has 2 aliphatic rings. The molecule has 0 bridgehead atoms. The smallest absolute Gasteiger partial charge is 0.0207 e. The molecule has 88 valence electrons. The molecule has 0 aromatic rings. The molecule has 1 atom stereocenters. The molecule has 2 fully saturated rings. The molecule has 2 nitrogen and oxygen atoms in total. The van der Waals surface area contributed by atoms with E-state index >= 15 is 0 Å². The molecule has 1 aliphatic carbocycles. The van der Waals surface area contributed by atoms with Crippen molar-refractivity contribution in [2.75, 3.05) is 19.6 Å². The first-order chi connectivity index (χ1) is 7.24. The number of hydrogen-bond acceptors (Lipinski definition) is 2. The van der Waals surface area contributed by atoms with Gasteiger partial charge in [0.15, 0.2) is 0 Å². The van der Waals surface area contributed by atoms with E-state index in [2.05, 4.69) is 24.1 Å². The predicted molar refractivity (Wildman–Crippen MR) is 65.1 cm³/mol. The third-order valence-corrected chi connectivity index (χ3v) is 4.32. The fourth-order valence-corrected chi connectivity index (χ4v) is 3.22. The molecule has 1 saturated carbocycles. The second-order valence-corrected chi connectivity index (χ2v) is 5.59. The molecule has 15 heavy (non-hydrogen) atoms. The van der Waals surface area contributed by atoms with Crippen LogP contribution in [-0.2, 0) is 0 Å². The van der Waals surface area contributed by atoms with E-state index in [1.807, 2.05) is 0 Å². The quantitative estimate of drug-likeness (QED) is 0.766. The summed E-state index contributed by atoms with van der Waals surface area (Å²) >= 11 is 0. The highest BCUT2D eigenvalue weighted by Gasteiger charge is 2.38. The largest absolute Gasteiger partial charge is 0.313 e. The second kappa shape index (κ2) is 4.84. The van der Waals surface area contributed by atoms with Crippen LogP contribution in [0.25, 0.3) is 0 Å². The predicted octanol–water partition coefficient (Wildman–Crippen LogP) is 2.39. The Kier molecular flexibility index (Phi) is 3.68. The molecule has 2 rings (SSSR count). The van der Waals surface area contributed by atoms with Crippen LogP contribution in [0.4, 0.5) is 0 Å². The van der Waals surface area contributed by atoms with Crippen molar-refractivity contribution in [3.05, 3.63) is 0 Å². The fraction of sp³-hybridized carbons (Fsp3) is 1.00. The van der Waals surface area contributed by atoms with Gasteiger partial charge in [-0.15, -0.1) is 0 Å². The number of nitrogens with one attached hydrogen (secondary N) is 1. The van der Waals surface area contributed by atoms with Gasteiger partial charge in [0.2, 0.25) is 0 Å². The lowest BCUT2D eigenvalue weighted by molar-refractivity contribution is 0.138. The van der Waals surface area contributed by atoms with Gasteiger partial charge in [0.25, 0.3) is 0 Å². The highest BCUT2D eigenvalue weighted by Crippen LogP contribution is 2.36. The van der Waals surface area contributed by atoms with Crippen LogP contribution in [0.5, 0.6) is 0 Å². The molecular formula is C13H26N2. The summed E-state index contributed by atoms with van der Waals surface area (Å²) in [6.45, 7) is 8.52. The lowest BCUT2D eigenvalue weighted by atomic mass is 9.99. The van der Waals surface area contributed by atoms with Crippen molar-refractivity contribution in [2.24, 2.45) is 0 Å². The zero-order valence-corrected chi connectivity index (χ0v) is 10.4. The van der Waals surface area contributed by atoms with Gasteiger partial charge in [-0.2, -0.15) is 0 Å². The lowest BCUT2D eigenvalue weighted by Crippen LogP contribution is -2.44. The van der Waals surface area contributed by atoms with Crippen molar-refractivity contribution < 1.29 is 0 Å². The summed E-state index contributed by atoms with van der Waals surface area (Å²) in [6, 6.07) is 0.766. The van der Waals surface area contributed by atoms with Crippen LogP contribution >= 0.6 is 0 Å². The maximum Gasteiger partial charge on any atom is 0.0207 e. The van der Waals surface area contributed by atoms with Gasteiger partial charge in [0.05, 0.1) is 0 Å². The Balaban J connectivity index is 1.81. The van der Waals surface area contributed by atoms with E-state index in [9.17, 15) is 0 Å². The molecule has 1 N–H and O–H groups in total. The highest BCUT2D eigenvalue weighted by molar-refractivity contribution is 4.96. The molecular weight excluding hydrogens is 184 g/mol. The molecule has 0 amide bonds. The van der Waals surface area contributed by atoms with Crippen molar-refractivity contribution in [3.63, 3.8) is 0 Å². The minimum Gasteiger partial charge on any atom is -0.313 e. The Hall–Kier alpha value is -0.0800. The van der Waals surface area contributed by atoms with Gasteiger partial charge in [-0.1, -0.05) is 19.8 Å². The van der Waals surface area contributed by atoms with Crippen LogP contribution in [0.15, 0.2) is 0 Å². The van der Waals surface area contributed by atoms with Crippen LogP contribution in [0.1, 0.15) is 52.4 Å². The summed E-state index contributed by atoms with van der Waals surface area (Å²) in [7, 11) is 0. The van der Waals surface area contributed by atoms with E-state index in [1.165, 1.54) is 58.2 Å².